The van der Waals surface area contributed by atoms with Crippen molar-refractivity contribution in [3.05, 3.63) is 0 Å². The number of hydrogen-bond acceptors (Lipinski definition) is 3. The molecule has 3 nitrogen and oxygen atoms in total. The molecule has 1 aliphatic heterocycles. The van der Waals surface area contributed by atoms with Crippen LogP contribution >= 0.6 is 11.8 Å². The Morgan fingerprint density at radius 2 is 2.12 bits per heavy atom. The van der Waals surface area contributed by atoms with Gasteiger partial charge in [0.05, 0.1) is 5.92 Å². The highest BCUT2D eigenvalue weighted by atomic mass is 32.2. The first-order chi connectivity index (χ1) is 7.77. The van der Waals surface area contributed by atoms with Crippen LogP contribution in [-0.4, -0.2) is 30.0 Å². The SMILES string of the molecule is NC1CCCCC1C(=O)NCC1CCSC1. The Morgan fingerprint density at radius 3 is 2.81 bits per heavy atom. The van der Waals surface area contributed by atoms with Gasteiger partial charge in [-0.15, -0.1) is 0 Å². The minimum Gasteiger partial charge on any atom is -0.356 e. The minimum atomic E-state index is 0.0720. The molecule has 3 unspecified atom stereocenters. The van der Waals surface area contributed by atoms with Gasteiger partial charge in [-0.05, 0) is 36.7 Å². The van der Waals surface area contributed by atoms with Crippen molar-refractivity contribution < 1.29 is 4.79 Å². The van der Waals surface area contributed by atoms with Gasteiger partial charge in [-0.3, -0.25) is 4.79 Å². The van der Waals surface area contributed by atoms with Crippen LogP contribution in [-0.2, 0) is 4.79 Å². The lowest BCUT2D eigenvalue weighted by Crippen LogP contribution is -2.44. The molecule has 3 atom stereocenters. The van der Waals surface area contributed by atoms with Crippen LogP contribution in [0, 0.1) is 11.8 Å². The molecule has 0 radical (unpaired) electrons. The predicted octanol–water partition coefficient (Wildman–Crippen LogP) is 1.37. The summed E-state index contributed by atoms with van der Waals surface area (Å²) in [5.74, 6) is 3.42. The fraction of sp³-hybridized carbons (Fsp3) is 0.917. The van der Waals surface area contributed by atoms with Crippen molar-refractivity contribution in [3.8, 4) is 0 Å². The number of nitrogens with one attached hydrogen (secondary N) is 1. The Kier molecular flexibility index (Phi) is 4.53. The van der Waals surface area contributed by atoms with Gasteiger partial charge in [-0.1, -0.05) is 12.8 Å². The zero-order valence-corrected chi connectivity index (χ0v) is 10.6. The second kappa shape index (κ2) is 5.92. The quantitative estimate of drug-likeness (QED) is 0.786. The molecule has 2 fully saturated rings. The van der Waals surface area contributed by atoms with Crippen LogP contribution in [0.2, 0.25) is 0 Å². The molecule has 0 aromatic heterocycles. The lowest BCUT2D eigenvalue weighted by Gasteiger charge is -2.27. The predicted molar refractivity (Wildman–Crippen MR) is 68.4 cm³/mol. The molecule has 1 amide bonds. The Hall–Kier alpha value is -0.220. The summed E-state index contributed by atoms with van der Waals surface area (Å²) in [5.41, 5.74) is 6.00. The third-order valence-electron chi connectivity index (χ3n) is 3.75. The number of thioether (sulfide) groups is 1. The van der Waals surface area contributed by atoms with E-state index in [0.29, 0.717) is 5.92 Å². The van der Waals surface area contributed by atoms with E-state index in [1.165, 1.54) is 24.3 Å². The van der Waals surface area contributed by atoms with Crippen LogP contribution < -0.4 is 11.1 Å². The van der Waals surface area contributed by atoms with Gasteiger partial charge in [0.2, 0.25) is 5.91 Å². The molecule has 0 bridgehead atoms. The van der Waals surface area contributed by atoms with E-state index >= 15 is 0 Å². The largest absolute Gasteiger partial charge is 0.356 e. The molecule has 0 spiro atoms. The number of carbonyl (C=O) groups is 1. The monoisotopic (exact) mass is 242 g/mol. The molecule has 16 heavy (non-hydrogen) atoms. The average Bonchev–Trinajstić information content (AvgIpc) is 2.79. The Bertz CT molecular complexity index is 241. The summed E-state index contributed by atoms with van der Waals surface area (Å²) in [7, 11) is 0. The molecule has 1 saturated heterocycles. The van der Waals surface area contributed by atoms with Crippen LogP contribution in [0.1, 0.15) is 32.1 Å². The smallest absolute Gasteiger partial charge is 0.224 e. The van der Waals surface area contributed by atoms with Crippen molar-refractivity contribution in [1.82, 2.24) is 5.32 Å². The Morgan fingerprint density at radius 1 is 1.31 bits per heavy atom. The standard InChI is InChI=1S/C12H22N2OS/c13-11-4-2-1-3-10(11)12(15)14-7-9-5-6-16-8-9/h9-11H,1-8,13H2,(H,14,15). The zero-order valence-electron chi connectivity index (χ0n) is 9.78. The number of rotatable bonds is 3. The first kappa shape index (κ1) is 12.2. The zero-order chi connectivity index (χ0) is 11.4. The third kappa shape index (κ3) is 3.14. The fourth-order valence-electron chi connectivity index (χ4n) is 2.61. The Balaban J connectivity index is 1.73. The van der Waals surface area contributed by atoms with E-state index in [1.54, 1.807) is 0 Å². The van der Waals surface area contributed by atoms with Gasteiger partial charge in [-0.25, -0.2) is 0 Å². The van der Waals surface area contributed by atoms with E-state index in [0.717, 1.165) is 25.8 Å². The minimum absolute atomic E-state index is 0.0720. The highest BCUT2D eigenvalue weighted by Gasteiger charge is 2.28. The number of nitrogens with two attached hydrogens (primary N) is 1. The van der Waals surface area contributed by atoms with Crippen LogP contribution in [0.15, 0.2) is 0 Å². The average molecular weight is 242 g/mol. The maximum Gasteiger partial charge on any atom is 0.224 e. The van der Waals surface area contributed by atoms with Gasteiger partial charge in [0.1, 0.15) is 0 Å². The molecule has 4 heteroatoms. The molecule has 1 heterocycles. The lowest BCUT2D eigenvalue weighted by molar-refractivity contribution is -0.126. The van der Waals surface area contributed by atoms with Crippen LogP contribution in [0.4, 0.5) is 0 Å². The maximum atomic E-state index is 12.0. The van der Waals surface area contributed by atoms with Crippen molar-refractivity contribution in [2.24, 2.45) is 17.6 Å². The number of carbonyl (C=O) groups excluding carboxylic acids is 1. The molecular weight excluding hydrogens is 220 g/mol. The van der Waals surface area contributed by atoms with Gasteiger partial charge in [0.25, 0.3) is 0 Å². The highest BCUT2D eigenvalue weighted by molar-refractivity contribution is 7.99. The summed E-state index contributed by atoms with van der Waals surface area (Å²) >= 11 is 1.99. The second-order valence-corrected chi connectivity index (χ2v) is 6.18. The molecule has 2 rings (SSSR count). The van der Waals surface area contributed by atoms with E-state index in [4.69, 9.17) is 5.73 Å². The van der Waals surface area contributed by atoms with E-state index in [2.05, 4.69) is 5.32 Å². The molecule has 1 aliphatic carbocycles. The van der Waals surface area contributed by atoms with Crippen molar-refractivity contribution in [3.63, 3.8) is 0 Å². The van der Waals surface area contributed by atoms with Crippen LogP contribution in [0.5, 0.6) is 0 Å². The maximum absolute atomic E-state index is 12.0. The first-order valence-corrected chi connectivity index (χ1v) is 7.54. The van der Waals surface area contributed by atoms with E-state index in [-0.39, 0.29) is 17.9 Å². The third-order valence-corrected chi connectivity index (χ3v) is 4.98. The molecule has 1 saturated carbocycles. The number of amides is 1. The second-order valence-electron chi connectivity index (χ2n) is 5.03. The number of hydrogen-bond donors (Lipinski definition) is 2. The summed E-state index contributed by atoms with van der Waals surface area (Å²) in [4.78, 5) is 12.0. The molecule has 0 aromatic carbocycles. The highest BCUT2D eigenvalue weighted by Crippen LogP contribution is 2.24. The van der Waals surface area contributed by atoms with Crippen LogP contribution in [0.3, 0.4) is 0 Å². The van der Waals surface area contributed by atoms with Gasteiger partial charge < -0.3 is 11.1 Å². The van der Waals surface area contributed by atoms with Crippen molar-refractivity contribution in [2.45, 2.75) is 38.1 Å². The van der Waals surface area contributed by atoms with Crippen molar-refractivity contribution in [1.29, 1.82) is 0 Å². The summed E-state index contributed by atoms with van der Waals surface area (Å²) in [6, 6.07) is 0.0895. The summed E-state index contributed by atoms with van der Waals surface area (Å²) in [5, 5.41) is 3.09. The molecule has 0 aromatic rings. The summed E-state index contributed by atoms with van der Waals surface area (Å²) in [6.45, 7) is 0.856. The Labute approximate surface area is 102 Å². The summed E-state index contributed by atoms with van der Waals surface area (Å²) in [6.07, 6.45) is 5.58. The normalized spacial score (nSPS) is 34.9. The first-order valence-electron chi connectivity index (χ1n) is 6.38. The fourth-order valence-corrected chi connectivity index (χ4v) is 3.89. The van der Waals surface area contributed by atoms with Gasteiger partial charge in [0, 0.05) is 12.6 Å². The molecule has 3 N–H and O–H groups in total. The van der Waals surface area contributed by atoms with E-state index < -0.39 is 0 Å². The molecule has 2 aliphatic rings. The summed E-state index contributed by atoms with van der Waals surface area (Å²) < 4.78 is 0. The molecular formula is C12H22N2OS. The molecule has 92 valence electrons. The van der Waals surface area contributed by atoms with Gasteiger partial charge >= 0.3 is 0 Å². The van der Waals surface area contributed by atoms with Crippen LogP contribution in [0.25, 0.3) is 0 Å². The van der Waals surface area contributed by atoms with Crippen molar-refractivity contribution in [2.75, 3.05) is 18.1 Å². The van der Waals surface area contributed by atoms with E-state index in [9.17, 15) is 4.79 Å². The van der Waals surface area contributed by atoms with Gasteiger partial charge in [0.15, 0.2) is 0 Å². The van der Waals surface area contributed by atoms with Gasteiger partial charge in [-0.2, -0.15) is 11.8 Å². The van der Waals surface area contributed by atoms with E-state index in [1.807, 2.05) is 11.8 Å². The topological polar surface area (TPSA) is 55.1 Å². The lowest BCUT2D eigenvalue weighted by atomic mass is 9.84. The van der Waals surface area contributed by atoms with Crippen molar-refractivity contribution >= 4 is 17.7 Å².